The zero-order chi connectivity index (χ0) is 13.1. The quantitative estimate of drug-likeness (QED) is 0.491. The van der Waals surface area contributed by atoms with E-state index in [0.717, 1.165) is 0 Å². The first-order chi connectivity index (χ1) is 7.91. The number of aliphatic carboxylic acids is 2. The molecule has 0 aliphatic heterocycles. The van der Waals surface area contributed by atoms with Gasteiger partial charge in [0.05, 0.1) is 17.4 Å². The molecule has 0 bridgehead atoms. The summed E-state index contributed by atoms with van der Waals surface area (Å²) >= 11 is 0. The molecule has 0 N–H and O–H groups in total. The van der Waals surface area contributed by atoms with E-state index in [4.69, 9.17) is 0 Å². The Balaban J connectivity index is 0.00000289. The minimum absolute atomic E-state index is 0. The first-order valence-corrected chi connectivity index (χ1v) is 5.38. The van der Waals surface area contributed by atoms with Gasteiger partial charge in [-0.15, -0.1) is 0 Å². The van der Waals surface area contributed by atoms with Gasteiger partial charge in [-0.1, -0.05) is 44.2 Å². The maximum absolute atomic E-state index is 11.2. The number of hydrogen-bond donors (Lipinski definition) is 0. The predicted octanol–water partition coefficient (Wildman–Crippen LogP) is -1.01. The number of carboxylic acid groups (broad SMARTS) is 2. The summed E-state index contributed by atoms with van der Waals surface area (Å²) in [7, 11) is 0. The van der Waals surface area contributed by atoms with E-state index in [-0.39, 0.29) is 55.3 Å². The third-order valence-electron chi connectivity index (χ3n) is 3.04. The van der Waals surface area contributed by atoms with Crippen molar-refractivity contribution in [3.05, 3.63) is 35.9 Å². The summed E-state index contributed by atoms with van der Waals surface area (Å²) in [6.45, 7) is 3.07. The van der Waals surface area contributed by atoms with E-state index >= 15 is 0 Å². The van der Waals surface area contributed by atoms with Gasteiger partial charge in [0.15, 0.2) is 0 Å². The maximum atomic E-state index is 11.2. The molecule has 92 valence electrons. The van der Waals surface area contributed by atoms with E-state index in [1.54, 1.807) is 30.3 Å². The molecule has 0 spiro atoms. The van der Waals surface area contributed by atoms with E-state index in [0.29, 0.717) is 5.56 Å². The average Bonchev–Trinajstić information content (AvgIpc) is 2.25. The summed E-state index contributed by atoms with van der Waals surface area (Å²) in [5.74, 6) is -3.81. The Morgan fingerprint density at radius 3 is 1.89 bits per heavy atom. The van der Waals surface area contributed by atoms with Crippen LogP contribution >= 0.6 is 0 Å². The predicted molar refractivity (Wildman–Crippen MR) is 63.2 cm³/mol. The Morgan fingerprint density at radius 2 is 1.56 bits per heavy atom. The average molecular weight is 372 g/mol. The van der Waals surface area contributed by atoms with Crippen LogP contribution in [0.3, 0.4) is 0 Å². The molecule has 0 saturated heterocycles. The number of carboxylic acids is 2. The van der Waals surface area contributed by atoms with E-state index in [9.17, 15) is 19.8 Å². The van der Waals surface area contributed by atoms with Crippen molar-refractivity contribution in [1.29, 1.82) is 0 Å². The Morgan fingerprint density at radius 1 is 1.11 bits per heavy atom. The van der Waals surface area contributed by atoms with Crippen LogP contribution in [0.25, 0.3) is 0 Å². The van der Waals surface area contributed by atoms with Gasteiger partial charge in [0, 0.05) is 0 Å². The summed E-state index contributed by atoms with van der Waals surface area (Å²) in [6, 6.07) is 8.60. The standard InChI is InChI=1S/C13H16O4.Ba/c1-9(2)13(11(14)15,12(16)17)8-10-6-4-3-5-7-10;/h3-7,9H,8H2,1-2H3,(H,14,15)(H,16,17);/q;+2/p-2. The minimum Gasteiger partial charge on any atom is -0.549 e. The summed E-state index contributed by atoms with van der Waals surface area (Å²) in [5, 5.41) is 22.4. The fraction of sp³-hybridized carbons (Fsp3) is 0.385. The fourth-order valence-electron chi connectivity index (χ4n) is 1.82. The molecule has 0 atom stereocenters. The van der Waals surface area contributed by atoms with Gasteiger partial charge in [0.25, 0.3) is 0 Å². The van der Waals surface area contributed by atoms with Crippen molar-refractivity contribution in [2.24, 2.45) is 11.3 Å². The van der Waals surface area contributed by atoms with Crippen molar-refractivity contribution in [3.8, 4) is 0 Å². The van der Waals surface area contributed by atoms with Gasteiger partial charge in [0.2, 0.25) is 0 Å². The number of benzene rings is 1. The van der Waals surface area contributed by atoms with Crippen LogP contribution < -0.4 is 10.2 Å². The van der Waals surface area contributed by atoms with Crippen molar-refractivity contribution < 1.29 is 19.8 Å². The van der Waals surface area contributed by atoms with Crippen LogP contribution in [-0.2, 0) is 16.0 Å². The van der Waals surface area contributed by atoms with Crippen molar-refractivity contribution in [3.63, 3.8) is 0 Å². The molecule has 1 aromatic rings. The molecule has 1 rings (SSSR count). The second kappa shape index (κ2) is 7.35. The number of hydrogen-bond acceptors (Lipinski definition) is 4. The summed E-state index contributed by atoms with van der Waals surface area (Å²) in [5.41, 5.74) is -1.35. The Bertz CT molecular complexity index is 400. The third-order valence-corrected chi connectivity index (χ3v) is 3.04. The molecule has 0 radical (unpaired) electrons. The number of carbonyl (C=O) groups excluding carboxylic acids is 2. The zero-order valence-electron chi connectivity index (χ0n) is 10.5. The van der Waals surface area contributed by atoms with Crippen LogP contribution in [0.5, 0.6) is 0 Å². The van der Waals surface area contributed by atoms with Crippen LogP contribution in [-0.4, -0.2) is 60.8 Å². The second-order valence-electron chi connectivity index (χ2n) is 4.36. The van der Waals surface area contributed by atoms with E-state index in [1.165, 1.54) is 13.8 Å². The summed E-state index contributed by atoms with van der Waals surface area (Å²) < 4.78 is 0. The van der Waals surface area contributed by atoms with Gasteiger partial charge in [-0.3, -0.25) is 0 Å². The largest absolute Gasteiger partial charge is 2.00 e. The van der Waals surface area contributed by atoms with Crippen LogP contribution in [0.15, 0.2) is 30.3 Å². The molecule has 0 fully saturated rings. The molecule has 0 heterocycles. The van der Waals surface area contributed by atoms with Crippen molar-refractivity contribution >= 4 is 60.8 Å². The Hall–Kier alpha value is -0.269. The Kier molecular flexibility index (Phi) is 7.24. The van der Waals surface area contributed by atoms with Gasteiger partial charge >= 0.3 is 48.9 Å². The second-order valence-corrected chi connectivity index (χ2v) is 4.36. The van der Waals surface area contributed by atoms with Crippen LogP contribution in [0.2, 0.25) is 0 Å². The third kappa shape index (κ3) is 3.61. The van der Waals surface area contributed by atoms with Gasteiger partial charge in [-0.05, 0) is 17.9 Å². The molecule has 0 unspecified atom stereocenters. The molecule has 18 heavy (non-hydrogen) atoms. The topological polar surface area (TPSA) is 80.3 Å². The molecular formula is C13H14BaO4. The minimum atomic E-state index is -1.98. The van der Waals surface area contributed by atoms with Crippen molar-refractivity contribution in [2.45, 2.75) is 20.3 Å². The van der Waals surface area contributed by atoms with Crippen LogP contribution in [0, 0.1) is 11.3 Å². The molecule has 0 aromatic heterocycles. The summed E-state index contributed by atoms with van der Waals surface area (Å²) in [6.07, 6.45) is -0.129. The van der Waals surface area contributed by atoms with Crippen molar-refractivity contribution in [1.82, 2.24) is 0 Å². The van der Waals surface area contributed by atoms with Crippen LogP contribution in [0.4, 0.5) is 0 Å². The zero-order valence-corrected chi connectivity index (χ0v) is 15.0. The molecule has 1 aromatic carbocycles. The fourth-order valence-corrected chi connectivity index (χ4v) is 1.82. The number of rotatable bonds is 5. The molecule has 0 amide bonds. The van der Waals surface area contributed by atoms with E-state index < -0.39 is 23.3 Å². The Labute approximate surface area is 146 Å². The van der Waals surface area contributed by atoms with Gasteiger partial charge in [0.1, 0.15) is 0 Å². The first kappa shape index (κ1) is 17.7. The van der Waals surface area contributed by atoms with Crippen molar-refractivity contribution in [2.75, 3.05) is 0 Å². The molecule has 5 heteroatoms. The van der Waals surface area contributed by atoms with E-state index in [1.807, 2.05) is 0 Å². The normalized spacial score (nSPS) is 10.8. The monoisotopic (exact) mass is 372 g/mol. The first-order valence-electron chi connectivity index (χ1n) is 5.38. The maximum Gasteiger partial charge on any atom is 2.00 e. The summed E-state index contributed by atoms with van der Waals surface area (Å²) in [4.78, 5) is 22.4. The van der Waals surface area contributed by atoms with Gasteiger partial charge in [-0.25, -0.2) is 0 Å². The van der Waals surface area contributed by atoms with E-state index in [2.05, 4.69) is 0 Å². The molecule has 0 aliphatic rings. The molecule has 4 nitrogen and oxygen atoms in total. The molecular weight excluding hydrogens is 357 g/mol. The molecule has 0 saturated carbocycles. The SMILES string of the molecule is CC(C)C(Cc1ccccc1)(C(=O)[O-])C(=O)[O-].[Ba+2]. The molecule has 0 aliphatic carbocycles. The smallest absolute Gasteiger partial charge is 0.549 e. The van der Waals surface area contributed by atoms with Gasteiger partial charge < -0.3 is 19.8 Å². The number of carbonyl (C=O) groups is 2. The van der Waals surface area contributed by atoms with Crippen LogP contribution in [0.1, 0.15) is 19.4 Å². The van der Waals surface area contributed by atoms with Gasteiger partial charge in [-0.2, -0.15) is 0 Å².